The van der Waals surface area contributed by atoms with Crippen molar-refractivity contribution in [2.75, 3.05) is 38.5 Å². The van der Waals surface area contributed by atoms with Gasteiger partial charge in [-0.2, -0.15) is 0 Å². The van der Waals surface area contributed by atoms with E-state index in [2.05, 4.69) is 28.8 Å². The quantitative estimate of drug-likeness (QED) is 0.803. The molecule has 0 spiro atoms. The number of fused-ring (bicyclic) bond motifs is 1. The minimum atomic E-state index is -0.142. The van der Waals surface area contributed by atoms with E-state index in [0.29, 0.717) is 0 Å². The van der Waals surface area contributed by atoms with E-state index in [0.717, 1.165) is 38.3 Å². The minimum absolute atomic E-state index is 0.0701. The van der Waals surface area contributed by atoms with Crippen molar-refractivity contribution in [3.63, 3.8) is 0 Å². The fraction of sp³-hybridized carbons (Fsp3) is 0.500. The van der Waals surface area contributed by atoms with Crippen LogP contribution in [0.25, 0.3) is 0 Å². The Morgan fingerprint density at radius 2 is 2.00 bits per heavy atom. The molecule has 2 aliphatic heterocycles. The normalized spacial score (nSPS) is 23.7. The Morgan fingerprint density at radius 3 is 2.74 bits per heavy atom. The second-order valence-electron chi connectivity index (χ2n) is 5.32. The number of carbonyl (C=O) groups excluding carboxylic acids is 1. The average Bonchev–Trinajstić information content (AvgIpc) is 2.85. The Hall–Kier alpha value is -1.59. The van der Waals surface area contributed by atoms with E-state index >= 15 is 0 Å². The summed E-state index contributed by atoms with van der Waals surface area (Å²) in [6.45, 7) is 3.78. The van der Waals surface area contributed by atoms with Gasteiger partial charge in [-0.3, -0.25) is 10.2 Å². The van der Waals surface area contributed by atoms with Crippen LogP contribution in [0.15, 0.2) is 24.3 Å². The van der Waals surface area contributed by atoms with Crippen LogP contribution in [0.4, 0.5) is 5.69 Å². The van der Waals surface area contributed by atoms with E-state index in [1.54, 1.807) is 0 Å². The van der Waals surface area contributed by atoms with Crippen molar-refractivity contribution in [3.05, 3.63) is 29.8 Å². The molecule has 5 nitrogen and oxygen atoms in total. The number of hydrazine groups is 1. The van der Waals surface area contributed by atoms with Gasteiger partial charge in [0.05, 0.1) is 0 Å². The molecule has 3 rings (SSSR count). The van der Waals surface area contributed by atoms with E-state index in [1.165, 1.54) is 5.56 Å². The van der Waals surface area contributed by atoms with Crippen molar-refractivity contribution < 1.29 is 4.79 Å². The summed E-state index contributed by atoms with van der Waals surface area (Å²) >= 11 is 0. The summed E-state index contributed by atoms with van der Waals surface area (Å²) in [5, 5.41) is 5.30. The Morgan fingerprint density at radius 1 is 1.26 bits per heavy atom. The van der Waals surface area contributed by atoms with Gasteiger partial charge in [0, 0.05) is 38.3 Å². The average molecular weight is 260 g/mol. The van der Waals surface area contributed by atoms with Gasteiger partial charge in [-0.1, -0.05) is 18.2 Å². The zero-order valence-corrected chi connectivity index (χ0v) is 11.2. The van der Waals surface area contributed by atoms with Crippen LogP contribution < -0.4 is 10.7 Å². The van der Waals surface area contributed by atoms with Gasteiger partial charge >= 0.3 is 0 Å². The first-order chi connectivity index (χ1) is 9.22. The van der Waals surface area contributed by atoms with E-state index in [9.17, 15) is 4.79 Å². The zero-order chi connectivity index (χ0) is 13.2. The van der Waals surface area contributed by atoms with Gasteiger partial charge in [0.25, 0.3) is 5.91 Å². The molecule has 0 aliphatic carbocycles. The maximum atomic E-state index is 12.2. The number of anilines is 1. The van der Waals surface area contributed by atoms with Gasteiger partial charge in [-0.05, 0) is 18.7 Å². The van der Waals surface area contributed by atoms with Crippen LogP contribution in [0.5, 0.6) is 0 Å². The molecule has 1 aromatic carbocycles. The largest absolute Gasteiger partial charge is 0.373 e. The number of benzene rings is 1. The van der Waals surface area contributed by atoms with Crippen LogP contribution in [-0.2, 0) is 11.2 Å². The van der Waals surface area contributed by atoms with E-state index in [-0.39, 0.29) is 11.9 Å². The standard InChI is InChI=1S/C14H20N4O/c1-17-6-8-18(9-7-17)16-14(19)13-10-11-4-2-3-5-12(11)15-13/h2-5,13,15H,6-10H2,1H3,(H,16,19)/t13-/m0/s1. The molecule has 1 atom stereocenters. The van der Waals surface area contributed by atoms with Crippen LogP contribution in [-0.4, -0.2) is 55.1 Å². The molecule has 0 saturated carbocycles. The number of nitrogens with one attached hydrogen (secondary N) is 2. The number of nitrogens with zero attached hydrogens (tertiary/aromatic N) is 2. The number of rotatable bonds is 2. The summed E-state index contributed by atoms with van der Waals surface area (Å²) in [5.41, 5.74) is 5.33. The molecule has 2 N–H and O–H groups in total. The smallest absolute Gasteiger partial charge is 0.257 e. The SMILES string of the molecule is CN1CCN(NC(=O)[C@@H]2Cc3ccccc3N2)CC1. The predicted molar refractivity (Wildman–Crippen MR) is 74.8 cm³/mol. The second-order valence-corrected chi connectivity index (χ2v) is 5.32. The Labute approximate surface area is 113 Å². The second kappa shape index (κ2) is 5.19. The molecule has 1 aromatic rings. The lowest BCUT2D eigenvalue weighted by Gasteiger charge is -2.33. The van der Waals surface area contributed by atoms with Crippen molar-refractivity contribution in [2.45, 2.75) is 12.5 Å². The molecule has 0 unspecified atom stereocenters. The van der Waals surface area contributed by atoms with Gasteiger partial charge in [0.2, 0.25) is 0 Å². The van der Waals surface area contributed by atoms with Crippen molar-refractivity contribution in [2.24, 2.45) is 0 Å². The highest BCUT2D eigenvalue weighted by atomic mass is 16.2. The molecule has 1 amide bonds. The Balaban J connectivity index is 1.55. The highest BCUT2D eigenvalue weighted by Crippen LogP contribution is 2.25. The molecule has 0 radical (unpaired) electrons. The molecule has 5 heteroatoms. The number of likely N-dealkylation sites (N-methyl/N-ethyl adjacent to an activating group) is 1. The fourth-order valence-electron chi connectivity index (χ4n) is 2.61. The van der Waals surface area contributed by atoms with Crippen LogP contribution in [0, 0.1) is 0 Å². The van der Waals surface area contributed by atoms with Crippen molar-refractivity contribution in [3.8, 4) is 0 Å². The molecule has 1 saturated heterocycles. The third kappa shape index (κ3) is 2.72. The number of piperazine rings is 1. The molecule has 2 heterocycles. The molecule has 2 aliphatic rings. The molecule has 19 heavy (non-hydrogen) atoms. The number of hydrogen-bond donors (Lipinski definition) is 2. The third-order valence-corrected chi connectivity index (χ3v) is 3.86. The van der Waals surface area contributed by atoms with E-state index in [4.69, 9.17) is 0 Å². The van der Waals surface area contributed by atoms with Crippen LogP contribution >= 0.6 is 0 Å². The highest BCUT2D eigenvalue weighted by Gasteiger charge is 2.27. The van der Waals surface area contributed by atoms with E-state index < -0.39 is 0 Å². The summed E-state index contributed by atoms with van der Waals surface area (Å²) in [4.78, 5) is 14.5. The summed E-state index contributed by atoms with van der Waals surface area (Å²) < 4.78 is 0. The number of para-hydroxylation sites is 1. The van der Waals surface area contributed by atoms with Gasteiger partial charge in [-0.15, -0.1) is 0 Å². The molecular formula is C14H20N4O. The maximum Gasteiger partial charge on any atom is 0.257 e. The number of carbonyl (C=O) groups is 1. The van der Waals surface area contributed by atoms with Crippen LogP contribution in [0.1, 0.15) is 5.56 Å². The molecule has 0 bridgehead atoms. The first kappa shape index (κ1) is 12.4. The summed E-state index contributed by atoms with van der Waals surface area (Å²) in [6, 6.07) is 7.97. The molecule has 0 aromatic heterocycles. The lowest BCUT2D eigenvalue weighted by molar-refractivity contribution is -0.127. The van der Waals surface area contributed by atoms with Gasteiger partial charge in [0.1, 0.15) is 6.04 Å². The molecular weight excluding hydrogens is 240 g/mol. The lowest BCUT2D eigenvalue weighted by atomic mass is 10.1. The Bertz CT molecular complexity index is 443. The maximum absolute atomic E-state index is 12.2. The first-order valence-electron chi connectivity index (χ1n) is 6.81. The summed E-state index contributed by atoms with van der Waals surface area (Å²) in [5.74, 6) is 0.0701. The molecule has 1 fully saturated rings. The fourth-order valence-corrected chi connectivity index (χ4v) is 2.61. The topological polar surface area (TPSA) is 47.6 Å². The van der Waals surface area contributed by atoms with Gasteiger partial charge in [-0.25, -0.2) is 5.01 Å². The number of hydrogen-bond acceptors (Lipinski definition) is 4. The van der Waals surface area contributed by atoms with Crippen molar-refractivity contribution in [1.29, 1.82) is 0 Å². The third-order valence-electron chi connectivity index (χ3n) is 3.86. The van der Waals surface area contributed by atoms with Crippen LogP contribution in [0.3, 0.4) is 0 Å². The van der Waals surface area contributed by atoms with Crippen LogP contribution in [0.2, 0.25) is 0 Å². The van der Waals surface area contributed by atoms with E-state index in [1.807, 2.05) is 23.2 Å². The lowest BCUT2D eigenvalue weighted by Crippen LogP contribution is -2.55. The molecule has 102 valence electrons. The predicted octanol–water partition coefficient (Wildman–Crippen LogP) is 0.302. The highest BCUT2D eigenvalue weighted by molar-refractivity contribution is 5.87. The summed E-state index contributed by atoms with van der Waals surface area (Å²) in [6.07, 6.45) is 0.774. The zero-order valence-electron chi connectivity index (χ0n) is 11.2. The van der Waals surface area contributed by atoms with Gasteiger partial charge in [0.15, 0.2) is 0 Å². The first-order valence-corrected chi connectivity index (χ1v) is 6.81. The van der Waals surface area contributed by atoms with Crippen molar-refractivity contribution in [1.82, 2.24) is 15.3 Å². The number of amides is 1. The minimum Gasteiger partial charge on any atom is -0.373 e. The van der Waals surface area contributed by atoms with Gasteiger partial charge < -0.3 is 10.2 Å². The summed E-state index contributed by atoms with van der Waals surface area (Å²) in [7, 11) is 2.11. The van der Waals surface area contributed by atoms with Crippen molar-refractivity contribution >= 4 is 11.6 Å². The monoisotopic (exact) mass is 260 g/mol. The Kier molecular flexibility index (Phi) is 3.40.